The lowest BCUT2D eigenvalue weighted by molar-refractivity contribution is 0.0998. The predicted octanol–water partition coefficient (Wildman–Crippen LogP) is 0.451. The Balaban J connectivity index is 2.37. The highest BCUT2D eigenvalue weighted by Gasteiger charge is 2.31. The number of carbonyl (C=O) groups is 1. The summed E-state index contributed by atoms with van der Waals surface area (Å²) in [5.74, 6) is -0.124. The van der Waals surface area contributed by atoms with Crippen LogP contribution in [0.3, 0.4) is 0 Å². The third kappa shape index (κ3) is 1.00. The zero-order chi connectivity index (χ0) is 7.84. The Morgan fingerprint density at radius 2 is 2.45 bits per heavy atom. The Bertz CT molecular complexity index is 288. The molecule has 0 atom stereocenters. The van der Waals surface area contributed by atoms with Crippen LogP contribution in [0.15, 0.2) is 4.52 Å². The van der Waals surface area contributed by atoms with Crippen molar-refractivity contribution in [2.45, 2.75) is 18.8 Å². The quantitative estimate of drug-likeness (QED) is 0.667. The lowest BCUT2D eigenvalue weighted by Gasteiger charge is -1.89. The van der Waals surface area contributed by atoms with Crippen molar-refractivity contribution < 1.29 is 9.32 Å². The second-order valence-corrected chi connectivity index (χ2v) is 2.68. The summed E-state index contributed by atoms with van der Waals surface area (Å²) < 4.78 is 4.53. The zero-order valence-electron chi connectivity index (χ0n) is 5.83. The van der Waals surface area contributed by atoms with Crippen LogP contribution in [0.2, 0.25) is 0 Å². The van der Waals surface area contributed by atoms with Crippen molar-refractivity contribution in [2.75, 3.05) is 0 Å². The average Bonchev–Trinajstić information content (AvgIpc) is 2.68. The van der Waals surface area contributed by atoms with Crippen LogP contribution >= 0.6 is 0 Å². The molecule has 1 heterocycles. The Labute approximate surface area is 63.4 Å². The third-order valence-electron chi connectivity index (χ3n) is 1.76. The van der Waals surface area contributed by atoms with E-state index in [0.29, 0.717) is 17.2 Å². The highest BCUT2D eigenvalue weighted by Crippen LogP contribution is 2.40. The van der Waals surface area contributed by atoms with Gasteiger partial charge in [-0.2, -0.15) is 0 Å². The fourth-order valence-electron chi connectivity index (χ4n) is 1.03. The molecular weight excluding hydrogens is 144 g/mol. The number of hydrogen-bond acceptors (Lipinski definition) is 3. The lowest BCUT2D eigenvalue weighted by Crippen LogP contribution is -2.12. The summed E-state index contributed by atoms with van der Waals surface area (Å²) >= 11 is 0. The molecule has 1 aliphatic carbocycles. The predicted molar refractivity (Wildman–Crippen MR) is 35.8 cm³/mol. The van der Waals surface area contributed by atoms with E-state index in [4.69, 9.17) is 5.73 Å². The largest absolute Gasteiger partial charge is 0.365 e. The fourth-order valence-corrected chi connectivity index (χ4v) is 1.03. The minimum atomic E-state index is -0.506. The first-order chi connectivity index (χ1) is 5.29. The average molecular weight is 151 g/mol. The number of nitrogens with two attached hydrogens (primary N) is 1. The topological polar surface area (TPSA) is 69.1 Å². The minimum absolute atomic E-state index is 0.313. The summed E-state index contributed by atoms with van der Waals surface area (Å²) in [5.41, 5.74) is 6.05. The fraction of sp³-hybridized carbons (Fsp3) is 0.429. The smallest absolute Gasteiger partial charge is 0.254 e. The van der Waals surface area contributed by atoms with Crippen molar-refractivity contribution in [2.24, 2.45) is 5.73 Å². The van der Waals surface area contributed by atoms with Gasteiger partial charge in [-0.3, -0.25) is 4.79 Å². The Kier molecular flexibility index (Phi) is 1.21. The molecule has 1 aromatic heterocycles. The molecule has 0 spiro atoms. The first kappa shape index (κ1) is 6.39. The molecule has 4 nitrogen and oxygen atoms in total. The van der Waals surface area contributed by atoms with Gasteiger partial charge in [0, 0.05) is 5.92 Å². The molecule has 11 heavy (non-hydrogen) atoms. The molecular formula is C7H7N2O2. The van der Waals surface area contributed by atoms with Crippen molar-refractivity contribution in [3.63, 3.8) is 0 Å². The van der Waals surface area contributed by atoms with Crippen LogP contribution in [-0.4, -0.2) is 11.1 Å². The van der Waals surface area contributed by atoms with E-state index in [-0.39, 0.29) is 0 Å². The van der Waals surface area contributed by atoms with Crippen molar-refractivity contribution in [3.05, 3.63) is 17.5 Å². The third-order valence-corrected chi connectivity index (χ3v) is 1.76. The number of primary amides is 1. The van der Waals surface area contributed by atoms with Gasteiger partial charge in [0.25, 0.3) is 5.91 Å². The summed E-state index contributed by atoms with van der Waals surface area (Å²) in [6.45, 7) is 0. The summed E-state index contributed by atoms with van der Waals surface area (Å²) in [6, 6.07) is 0. The highest BCUT2D eigenvalue weighted by molar-refractivity contribution is 5.93. The molecule has 1 amide bonds. The summed E-state index contributed by atoms with van der Waals surface area (Å²) in [7, 11) is 0. The van der Waals surface area contributed by atoms with Crippen molar-refractivity contribution >= 4 is 5.91 Å². The van der Waals surface area contributed by atoms with E-state index in [1.54, 1.807) is 0 Å². The first-order valence-electron chi connectivity index (χ1n) is 3.46. The molecule has 1 aromatic rings. The van der Waals surface area contributed by atoms with E-state index < -0.39 is 5.91 Å². The molecule has 0 bridgehead atoms. The maximum Gasteiger partial charge on any atom is 0.254 e. The number of nitrogens with zero attached hydrogens (tertiary/aromatic N) is 1. The molecule has 2 rings (SSSR count). The van der Waals surface area contributed by atoms with Gasteiger partial charge in [0.1, 0.15) is 11.3 Å². The Hall–Kier alpha value is -1.32. The van der Waals surface area contributed by atoms with Crippen LogP contribution in [0.1, 0.15) is 34.8 Å². The highest BCUT2D eigenvalue weighted by atomic mass is 16.5. The molecule has 1 aliphatic rings. The van der Waals surface area contributed by atoms with Crippen LogP contribution < -0.4 is 5.73 Å². The minimum Gasteiger partial charge on any atom is -0.365 e. The van der Waals surface area contributed by atoms with E-state index in [1.165, 1.54) is 0 Å². The van der Waals surface area contributed by atoms with Gasteiger partial charge < -0.3 is 10.3 Å². The molecule has 0 aromatic carbocycles. The summed E-state index contributed by atoms with van der Waals surface area (Å²) in [5, 5.41) is 3.67. The van der Waals surface area contributed by atoms with Crippen LogP contribution in [0.25, 0.3) is 0 Å². The van der Waals surface area contributed by atoms with E-state index >= 15 is 0 Å². The van der Waals surface area contributed by atoms with Gasteiger partial charge in [-0.15, -0.1) is 0 Å². The van der Waals surface area contributed by atoms with Crippen molar-refractivity contribution in [1.29, 1.82) is 0 Å². The summed E-state index contributed by atoms with van der Waals surface area (Å²) in [4.78, 5) is 10.7. The Morgan fingerprint density at radius 1 is 1.73 bits per heavy atom. The SMILES string of the molecule is NC(=O)c1[c]onc1C1CC1. The van der Waals surface area contributed by atoms with Crippen LogP contribution in [0.5, 0.6) is 0 Å². The monoisotopic (exact) mass is 151 g/mol. The first-order valence-corrected chi connectivity index (χ1v) is 3.46. The van der Waals surface area contributed by atoms with E-state index in [0.717, 1.165) is 12.8 Å². The molecule has 1 saturated carbocycles. The van der Waals surface area contributed by atoms with Gasteiger partial charge in [0.15, 0.2) is 0 Å². The van der Waals surface area contributed by atoms with Crippen LogP contribution in [0, 0.1) is 6.26 Å². The second-order valence-electron chi connectivity index (χ2n) is 2.68. The van der Waals surface area contributed by atoms with E-state index in [9.17, 15) is 4.79 Å². The number of amides is 1. The normalized spacial score (nSPS) is 16.7. The van der Waals surface area contributed by atoms with E-state index in [2.05, 4.69) is 15.9 Å². The number of rotatable bonds is 2. The van der Waals surface area contributed by atoms with Crippen molar-refractivity contribution in [1.82, 2.24) is 5.16 Å². The van der Waals surface area contributed by atoms with Gasteiger partial charge in [0.05, 0.1) is 0 Å². The van der Waals surface area contributed by atoms with Crippen LogP contribution in [-0.2, 0) is 0 Å². The molecule has 57 valence electrons. The second kappa shape index (κ2) is 2.08. The van der Waals surface area contributed by atoms with Gasteiger partial charge in [-0.25, -0.2) is 0 Å². The van der Waals surface area contributed by atoms with Gasteiger partial charge in [0.2, 0.25) is 6.26 Å². The van der Waals surface area contributed by atoms with Crippen molar-refractivity contribution in [3.8, 4) is 0 Å². The van der Waals surface area contributed by atoms with Gasteiger partial charge in [-0.05, 0) is 12.8 Å². The molecule has 4 heteroatoms. The zero-order valence-corrected chi connectivity index (χ0v) is 5.83. The number of carbonyl (C=O) groups excluding carboxylic acids is 1. The molecule has 0 saturated heterocycles. The molecule has 0 aliphatic heterocycles. The Morgan fingerprint density at radius 3 is 3.00 bits per heavy atom. The van der Waals surface area contributed by atoms with Crippen LogP contribution in [0.4, 0.5) is 0 Å². The molecule has 0 unspecified atom stereocenters. The maximum atomic E-state index is 10.7. The van der Waals surface area contributed by atoms with E-state index in [1.807, 2.05) is 0 Å². The summed E-state index contributed by atoms with van der Waals surface area (Å²) in [6.07, 6.45) is 4.51. The van der Waals surface area contributed by atoms with Gasteiger partial charge >= 0.3 is 0 Å². The molecule has 2 N–H and O–H groups in total. The number of aromatic nitrogens is 1. The maximum absolute atomic E-state index is 10.7. The molecule has 1 fully saturated rings. The standard InChI is InChI=1S/C7H7N2O2/c8-7(10)5-3-11-9-6(5)4-1-2-4/h4H,1-2H2,(H2,8,10). The van der Waals surface area contributed by atoms with Gasteiger partial charge in [-0.1, -0.05) is 5.16 Å². The lowest BCUT2D eigenvalue weighted by atomic mass is 10.2. The molecule has 1 radical (unpaired) electrons. The number of hydrogen-bond donors (Lipinski definition) is 1.